The van der Waals surface area contributed by atoms with E-state index in [-0.39, 0.29) is 18.2 Å². The molecular weight excluding hydrogens is 340 g/mol. The van der Waals surface area contributed by atoms with Crippen LogP contribution in [0.2, 0.25) is 0 Å². The van der Waals surface area contributed by atoms with Gasteiger partial charge in [-0.1, -0.05) is 40.2 Å². The predicted octanol–water partition coefficient (Wildman–Crippen LogP) is 4.11. The maximum atomic E-state index is 13.6. The van der Waals surface area contributed by atoms with Gasteiger partial charge in [0.15, 0.2) is 0 Å². The Kier molecular flexibility index (Phi) is 5.45. The number of aliphatic hydroxyl groups excluding tert-OH is 1. The molecule has 0 saturated carbocycles. The van der Waals surface area contributed by atoms with E-state index >= 15 is 0 Å². The highest BCUT2D eigenvalue weighted by Gasteiger charge is 2.15. The van der Waals surface area contributed by atoms with Gasteiger partial charge in [-0.3, -0.25) is 0 Å². The number of halogens is 3. The molecular formula is C16H16BrF2NO. The second-order valence-corrected chi connectivity index (χ2v) is 5.69. The lowest BCUT2D eigenvalue weighted by molar-refractivity contribution is 0.166. The van der Waals surface area contributed by atoms with Gasteiger partial charge in [-0.05, 0) is 24.6 Å². The van der Waals surface area contributed by atoms with Crippen molar-refractivity contribution in [3.8, 4) is 0 Å². The third-order valence-electron chi connectivity index (χ3n) is 3.31. The third-order valence-corrected chi connectivity index (χ3v) is 4.03. The largest absolute Gasteiger partial charge is 0.387 e. The predicted molar refractivity (Wildman–Crippen MR) is 81.9 cm³/mol. The Balaban J connectivity index is 2.01. The van der Waals surface area contributed by atoms with Crippen molar-refractivity contribution < 1.29 is 13.9 Å². The Labute approximate surface area is 130 Å². The summed E-state index contributed by atoms with van der Waals surface area (Å²) in [7, 11) is 0. The number of aliphatic hydroxyl groups is 1. The molecule has 0 amide bonds. The van der Waals surface area contributed by atoms with Crippen LogP contribution >= 0.6 is 15.9 Å². The van der Waals surface area contributed by atoms with Gasteiger partial charge in [0.2, 0.25) is 0 Å². The number of nitrogens with one attached hydrogen (secondary N) is 1. The van der Waals surface area contributed by atoms with E-state index in [2.05, 4.69) is 21.2 Å². The second-order valence-electron chi connectivity index (χ2n) is 4.83. The molecule has 0 radical (unpaired) electrons. The fourth-order valence-electron chi connectivity index (χ4n) is 2.11. The third kappa shape index (κ3) is 4.09. The molecule has 2 N–H and O–H groups in total. The average Bonchev–Trinajstić information content (AvgIpc) is 2.45. The molecule has 2 atom stereocenters. The molecule has 2 rings (SSSR count). The fraction of sp³-hybridized carbons (Fsp3) is 0.250. The molecule has 0 aromatic heterocycles. The van der Waals surface area contributed by atoms with Crippen LogP contribution in [0.5, 0.6) is 0 Å². The van der Waals surface area contributed by atoms with Gasteiger partial charge >= 0.3 is 0 Å². The summed E-state index contributed by atoms with van der Waals surface area (Å²) in [5.74, 6) is -1.39. The molecule has 2 aromatic rings. The average molecular weight is 356 g/mol. The molecule has 112 valence electrons. The first kappa shape index (κ1) is 16.1. The number of hydrogen-bond donors (Lipinski definition) is 2. The summed E-state index contributed by atoms with van der Waals surface area (Å²) in [6.45, 7) is 2.12. The standard InChI is InChI=1S/C16H16BrF2NO/c1-10(12-4-2-3-5-14(12)17)20-9-16(21)13-7-6-11(18)8-15(13)19/h2-8,10,16,20-21H,9H2,1H3/t10-,16?/m0/s1. The van der Waals surface area contributed by atoms with Crippen molar-refractivity contribution in [1.82, 2.24) is 5.32 Å². The van der Waals surface area contributed by atoms with E-state index in [1.807, 2.05) is 31.2 Å². The van der Waals surface area contributed by atoms with Gasteiger partial charge in [-0.25, -0.2) is 8.78 Å². The molecule has 0 spiro atoms. The molecule has 5 heteroatoms. The van der Waals surface area contributed by atoms with E-state index in [9.17, 15) is 13.9 Å². The SMILES string of the molecule is C[C@H](NCC(O)c1ccc(F)cc1F)c1ccccc1Br. The summed E-state index contributed by atoms with van der Waals surface area (Å²) in [4.78, 5) is 0. The van der Waals surface area contributed by atoms with Crippen molar-refractivity contribution >= 4 is 15.9 Å². The monoisotopic (exact) mass is 355 g/mol. The first-order chi connectivity index (χ1) is 9.99. The first-order valence-electron chi connectivity index (χ1n) is 6.60. The van der Waals surface area contributed by atoms with E-state index in [1.54, 1.807) is 0 Å². The van der Waals surface area contributed by atoms with Crippen molar-refractivity contribution in [3.63, 3.8) is 0 Å². The summed E-state index contributed by atoms with van der Waals surface area (Å²) in [5.41, 5.74) is 1.13. The van der Waals surface area contributed by atoms with Crippen molar-refractivity contribution in [2.45, 2.75) is 19.1 Å². The smallest absolute Gasteiger partial charge is 0.131 e. The Hall–Kier alpha value is -1.30. The molecule has 2 nitrogen and oxygen atoms in total. The lowest BCUT2D eigenvalue weighted by atomic mass is 10.1. The van der Waals surface area contributed by atoms with Crippen LogP contribution in [0, 0.1) is 11.6 Å². The zero-order valence-corrected chi connectivity index (χ0v) is 13.1. The van der Waals surface area contributed by atoms with Crippen LogP contribution in [-0.2, 0) is 0 Å². The molecule has 0 aliphatic carbocycles. The van der Waals surface area contributed by atoms with E-state index in [0.29, 0.717) is 0 Å². The van der Waals surface area contributed by atoms with Gasteiger partial charge in [0.25, 0.3) is 0 Å². The number of rotatable bonds is 5. The van der Waals surface area contributed by atoms with Crippen molar-refractivity contribution in [1.29, 1.82) is 0 Å². The van der Waals surface area contributed by atoms with Gasteiger partial charge in [-0.2, -0.15) is 0 Å². The van der Waals surface area contributed by atoms with Crippen molar-refractivity contribution in [3.05, 3.63) is 69.7 Å². The van der Waals surface area contributed by atoms with Crippen LogP contribution in [0.25, 0.3) is 0 Å². The summed E-state index contributed by atoms with van der Waals surface area (Å²) in [6.07, 6.45) is -1.03. The Morgan fingerprint density at radius 1 is 1.14 bits per heavy atom. The van der Waals surface area contributed by atoms with Crippen molar-refractivity contribution in [2.75, 3.05) is 6.54 Å². The zero-order chi connectivity index (χ0) is 15.4. The number of hydrogen-bond acceptors (Lipinski definition) is 2. The van der Waals surface area contributed by atoms with Crippen molar-refractivity contribution in [2.24, 2.45) is 0 Å². The van der Waals surface area contributed by atoms with Crippen LogP contribution in [0.4, 0.5) is 8.78 Å². The zero-order valence-electron chi connectivity index (χ0n) is 11.5. The maximum Gasteiger partial charge on any atom is 0.131 e. The molecule has 0 fully saturated rings. The molecule has 0 aliphatic heterocycles. The van der Waals surface area contributed by atoms with Crippen LogP contribution in [0.1, 0.15) is 30.2 Å². The summed E-state index contributed by atoms with van der Waals surface area (Å²) >= 11 is 3.46. The van der Waals surface area contributed by atoms with Crippen LogP contribution in [0.15, 0.2) is 46.9 Å². The van der Waals surface area contributed by atoms with Crippen LogP contribution < -0.4 is 5.32 Å². The molecule has 21 heavy (non-hydrogen) atoms. The van der Waals surface area contributed by atoms with Gasteiger partial charge in [0.1, 0.15) is 11.6 Å². The topological polar surface area (TPSA) is 32.3 Å². The Bertz CT molecular complexity index is 621. The second kappa shape index (κ2) is 7.11. The van der Waals surface area contributed by atoms with Gasteiger partial charge in [0.05, 0.1) is 6.10 Å². The maximum absolute atomic E-state index is 13.6. The van der Waals surface area contributed by atoms with E-state index in [4.69, 9.17) is 0 Å². The van der Waals surface area contributed by atoms with E-state index < -0.39 is 17.7 Å². The molecule has 2 aromatic carbocycles. The summed E-state index contributed by atoms with van der Waals surface area (Å²) in [6, 6.07) is 10.9. The van der Waals surface area contributed by atoms with Gasteiger partial charge < -0.3 is 10.4 Å². The Morgan fingerprint density at radius 3 is 2.52 bits per heavy atom. The fourth-order valence-corrected chi connectivity index (χ4v) is 2.73. The molecule has 0 heterocycles. The quantitative estimate of drug-likeness (QED) is 0.845. The highest BCUT2D eigenvalue weighted by atomic mass is 79.9. The normalized spacial score (nSPS) is 14.0. The van der Waals surface area contributed by atoms with Crippen LogP contribution in [-0.4, -0.2) is 11.7 Å². The molecule has 0 saturated heterocycles. The number of benzene rings is 2. The van der Waals surface area contributed by atoms with Crippen LogP contribution in [0.3, 0.4) is 0 Å². The molecule has 0 aliphatic rings. The minimum atomic E-state index is -1.03. The highest BCUT2D eigenvalue weighted by molar-refractivity contribution is 9.10. The molecule has 0 bridgehead atoms. The first-order valence-corrected chi connectivity index (χ1v) is 7.39. The van der Waals surface area contributed by atoms with Gasteiger partial charge in [0, 0.05) is 28.7 Å². The minimum absolute atomic E-state index is 0.0151. The summed E-state index contributed by atoms with van der Waals surface area (Å²) in [5, 5.41) is 13.2. The summed E-state index contributed by atoms with van der Waals surface area (Å²) < 4.78 is 27.4. The lowest BCUT2D eigenvalue weighted by Crippen LogP contribution is -2.25. The van der Waals surface area contributed by atoms with E-state index in [1.165, 1.54) is 6.07 Å². The van der Waals surface area contributed by atoms with E-state index in [0.717, 1.165) is 22.2 Å². The highest BCUT2D eigenvalue weighted by Crippen LogP contribution is 2.24. The minimum Gasteiger partial charge on any atom is -0.387 e. The molecule has 1 unspecified atom stereocenters. The van der Waals surface area contributed by atoms with Gasteiger partial charge in [-0.15, -0.1) is 0 Å². The Morgan fingerprint density at radius 2 is 1.86 bits per heavy atom. The lowest BCUT2D eigenvalue weighted by Gasteiger charge is -2.19.